The van der Waals surface area contributed by atoms with E-state index >= 15 is 0 Å². The van der Waals surface area contributed by atoms with Crippen molar-refractivity contribution >= 4 is 23.3 Å². The Kier molecular flexibility index (Phi) is 5.44. The number of carbonyl (C=O) groups is 2. The number of ether oxygens (including phenoxy) is 1. The number of aliphatic hydroxyl groups excluding tert-OH is 1. The Morgan fingerprint density at radius 2 is 2.00 bits per heavy atom. The third kappa shape index (κ3) is 3.76. The van der Waals surface area contributed by atoms with Crippen LogP contribution in [0, 0.1) is 12.8 Å². The summed E-state index contributed by atoms with van der Waals surface area (Å²) in [7, 11) is 0. The van der Waals surface area contributed by atoms with Crippen LogP contribution in [-0.2, 0) is 9.53 Å². The average molecular weight is 410 g/mol. The first-order valence-electron chi connectivity index (χ1n) is 10.1. The third-order valence-electron chi connectivity index (χ3n) is 5.65. The SMILES string of the molecule is CC(=O)N1c2ccc(C(=O)NC3COC3)cc2[C@H](Nc2cccc(C)n2)[C@@H](C)[C@@H]1O. The Balaban J connectivity index is 1.73. The number of aromatic nitrogens is 1. The number of fused-ring (bicyclic) bond motifs is 1. The molecule has 0 radical (unpaired) electrons. The lowest BCUT2D eigenvalue weighted by atomic mass is 9.85. The first kappa shape index (κ1) is 20.3. The molecule has 1 saturated heterocycles. The molecule has 2 aliphatic rings. The lowest BCUT2D eigenvalue weighted by Gasteiger charge is -2.42. The van der Waals surface area contributed by atoms with E-state index in [1.807, 2.05) is 32.0 Å². The number of amides is 2. The number of aliphatic hydroxyl groups is 1. The smallest absolute Gasteiger partial charge is 0.251 e. The Labute approximate surface area is 175 Å². The molecule has 0 spiro atoms. The van der Waals surface area contributed by atoms with Gasteiger partial charge in [0.25, 0.3) is 5.91 Å². The molecule has 1 fully saturated rings. The molecular weight excluding hydrogens is 384 g/mol. The van der Waals surface area contributed by atoms with Gasteiger partial charge in [-0.05, 0) is 42.8 Å². The highest BCUT2D eigenvalue weighted by Gasteiger charge is 2.40. The van der Waals surface area contributed by atoms with E-state index in [0.29, 0.717) is 30.3 Å². The molecule has 4 rings (SSSR count). The van der Waals surface area contributed by atoms with Crippen LogP contribution in [0.3, 0.4) is 0 Å². The molecule has 1 aromatic carbocycles. The molecule has 0 aliphatic carbocycles. The second-order valence-corrected chi connectivity index (χ2v) is 7.93. The van der Waals surface area contributed by atoms with Crippen molar-refractivity contribution in [1.82, 2.24) is 10.3 Å². The van der Waals surface area contributed by atoms with Gasteiger partial charge in [-0.2, -0.15) is 0 Å². The van der Waals surface area contributed by atoms with Gasteiger partial charge in [0.1, 0.15) is 12.0 Å². The van der Waals surface area contributed by atoms with Crippen molar-refractivity contribution in [3.8, 4) is 0 Å². The molecule has 3 N–H and O–H groups in total. The summed E-state index contributed by atoms with van der Waals surface area (Å²) in [6, 6.07) is 10.5. The molecule has 158 valence electrons. The van der Waals surface area contributed by atoms with E-state index in [1.54, 1.807) is 18.2 Å². The van der Waals surface area contributed by atoms with Crippen molar-refractivity contribution < 1.29 is 19.4 Å². The lowest BCUT2D eigenvalue weighted by molar-refractivity contribution is -0.119. The fourth-order valence-corrected chi connectivity index (χ4v) is 3.93. The monoisotopic (exact) mass is 410 g/mol. The molecule has 8 nitrogen and oxygen atoms in total. The highest BCUT2D eigenvalue weighted by molar-refractivity contribution is 5.98. The molecule has 0 bridgehead atoms. The maximum atomic E-state index is 12.7. The quantitative estimate of drug-likeness (QED) is 0.712. The van der Waals surface area contributed by atoms with E-state index in [1.165, 1.54) is 11.8 Å². The molecule has 30 heavy (non-hydrogen) atoms. The number of nitrogens with one attached hydrogen (secondary N) is 2. The van der Waals surface area contributed by atoms with Crippen LogP contribution in [0.25, 0.3) is 0 Å². The molecule has 0 unspecified atom stereocenters. The van der Waals surface area contributed by atoms with E-state index in [2.05, 4.69) is 15.6 Å². The highest BCUT2D eigenvalue weighted by Crippen LogP contribution is 2.42. The number of hydrogen-bond acceptors (Lipinski definition) is 6. The van der Waals surface area contributed by atoms with Crippen LogP contribution in [0.4, 0.5) is 11.5 Å². The van der Waals surface area contributed by atoms with E-state index < -0.39 is 6.23 Å². The molecule has 0 saturated carbocycles. The molecule has 2 amide bonds. The van der Waals surface area contributed by atoms with E-state index in [4.69, 9.17) is 4.74 Å². The molecule has 3 heterocycles. The predicted octanol–water partition coefficient (Wildman–Crippen LogP) is 1.99. The van der Waals surface area contributed by atoms with Crippen LogP contribution in [-0.4, -0.2) is 47.4 Å². The summed E-state index contributed by atoms with van der Waals surface area (Å²) in [6.07, 6.45) is -0.996. The molecule has 3 atom stereocenters. The number of anilines is 2. The Hall–Kier alpha value is -2.97. The first-order chi connectivity index (χ1) is 14.3. The zero-order valence-electron chi connectivity index (χ0n) is 17.3. The predicted molar refractivity (Wildman–Crippen MR) is 112 cm³/mol. The fourth-order valence-electron chi connectivity index (χ4n) is 3.93. The zero-order valence-corrected chi connectivity index (χ0v) is 17.3. The number of pyridine rings is 1. The number of rotatable bonds is 4. The van der Waals surface area contributed by atoms with E-state index in [-0.39, 0.29) is 29.8 Å². The van der Waals surface area contributed by atoms with E-state index in [9.17, 15) is 14.7 Å². The van der Waals surface area contributed by atoms with Gasteiger partial charge in [-0.15, -0.1) is 0 Å². The van der Waals surface area contributed by atoms with Gasteiger partial charge in [-0.25, -0.2) is 4.98 Å². The van der Waals surface area contributed by atoms with Gasteiger partial charge >= 0.3 is 0 Å². The number of nitrogens with zero attached hydrogens (tertiary/aromatic N) is 2. The fraction of sp³-hybridized carbons (Fsp3) is 0.409. The molecular formula is C22H26N4O4. The number of aryl methyl sites for hydroxylation is 1. The average Bonchev–Trinajstić information content (AvgIpc) is 2.67. The van der Waals surface area contributed by atoms with Gasteiger partial charge in [0.2, 0.25) is 5.91 Å². The summed E-state index contributed by atoms with van der Waals surface area (Å²) in [5.41, 5.74) is 2.72. The largest absolute Gasteiger partial charge is 0.377 e. The van der Waals surface area contributed by atoms with Crippen molar-refractivity contribution in [2.24, 2.45) is 5.92 Å². The van der Waals surface area contributed by atoms with E-state index in [0.717, 1.165) is 11.3 Å². The summed E-state index contributed by atoms with van der Waals surface area (Å²) in [6.45, 7) is 6.23. The number of hydrogen-bond donors (Lipinski definition) is 3. The minimum atomic E-state index is -0.996. The van der Waals surface area contributed by atoms with Gasteiger partial charge in [-0.3, -0.25) is 14.5 Å². The normalized spacial score (nSPS) is 23.3. The standard InChI is InChI=1S/C22H26N4O4/c1-12-5-4-6-19(23-12)25-20-13(2)22(29)26(14(3)27)18-8-7-15(9-17(18)20)21(28)24-16-10-30-11-16/h4-9,13,16,20,22,29H,10-11H2,1-3H3,(H,23,25)(H,24,28)/t13-,20-,22+/m1/s1. The third-order valence-corrected chi connectivity index (χ3v) is 5.65. The summed E-state index contributed by atoms with van der Waals surface area (Å²) in [4.78, 5) is 30.8. The van der Waals surface area contributed by atoms with Crippen molar-refractivity contribution in [1.29, 1.82) is 0 Å². The maximum Gasteiger partial charge on any atom is 0.251 e. The number of carbonyl (C=O) groups excluding carboxylic acids is 2. The van der Waals surface area contributed by atoms with Crippen LogP contribution in [0.2, 0.25) is 0 Å². The van der Waals surface area contributed by atoms with Gasteiger partial charge in [0, 0.05) is 24.1 Å². The van der Waals surface area contributed by atoms with Crippen molar-refractivity contribution in [2.45, 2.75) is 39.1 Å². The molecule has 2 aliphatic heterocycles. The molecule has 1 aromatic heterocycles. The van der Waals surface area contributed by atoms with Crippen molar-refractivity contribution in [2.75, 3.05) is 23.4 Å². The van der Waals surface area contributed by atoms with Crippen LogP contribution in [0.15, 0.2) is 36.4 Å². The second kappa shape index (κ2) is 8.04. The summed E-state index contributed by atoms with van der Waals surface area (Å²) >= 11 is 0. The Bertz CT molecular complexity index is 975. The van der Waals surface area contributed by atoms with Gasteiger partial charge in [0.05, 0.1) is 31.0 Å². The lowest BCUT2D eigenvalue weighted by Crippen LogP contribution is -2.50. The number of benzene rings is 1. The topological polar surface area (TPSA) is 104 Å². The maximum absolute atomic E-state index is 12.7. The van der Waals surface area contributed by atoms with Crippen LogP contribution >= 0.6 is 0 Å². The molecule has 2 aromatic rings. The Morgan fingerprint density at radius 3 is 2.63 bits per heavy atom. The van der Waals surface area contributed by atoms with Crippen LogP contribution < -0.4 is 15.5 Å². The van der Waals surface area contributed by atoms with Gasteiger partial charge in [-0.1, -0.05) is 13.0 Å². The van der Waals surface area contributed by atoms with Crippen molar-refractivity contribution in [3.63, 3.8) is 0 Å². The second-order valence-electron chi connectivity index (χ2n) is 7.93. The summed E-state index contributed by atoms with van der Waals surface area (Å²) in [5.74, 6) is -0.108. The first-order valence-corrected chi connectivity index (χ1v) is 10.1. The van der Waals surface area contributed by atoms with Crippen LogP contribution in [0.5, 0.6) is 0 Å². The Morgan fingerprint density at radius 1 is 1.23 bits per heavy atom. The molecule has 8 heteroatoms. The minimum Gasteiger partial charge on any atom is -0.377 e. The highest BCUT2D eigenvalue weighted by atomic mass is 16.5. The minimum absolute atomic E-state index is 0.0217. The van der Waals surface area contributed by atoms with Crippen LogP contribution in [0.1, 0.15) is 41.5 Å². The zero-order chi connectivity index (χ0) is 21.4. The summed E-state index contributed by atoms with van der Waals surface area (Å²) < 4.78 is 5.12. The summed E-state index contributed by atoms with van der Waals surface area (Å²) in [5, 5.41) is 17.2. The van der Waals surface area contributed by atoms with Crippen molar-refractivity contribution in [3.05, 3.63) is 53.2 Å². The van der Waals surface area contributed by atoms with Gasteiger partial charge < -0.3 is 20.5 Å². The van der Waals surface area contributed by atoms with Gasteiger partial charge in [0.15, 0.2) is 0 Å².